The van der Waals surface area contributed by atoms with Crippen LogP contribution in [0.15, 0.2) is 18.3 Å². The zero-order valence-corrected chi connectivity index (χ0v) is 10.5. The van der Waals surface area contributed by atoms with E-state index in [1.807, 2.05) is 12.1 Å². The van der Waals surface area contributed by atoms with Gasteiger partial charge in [-0.2, -0.15) is 0 Å². The van der Waals surface area contributed by atoms with Gasteiger partial charge in [0.05, 0.1) is 5.52 Å². The van der Waals surface area contributed by atoms with E-state index in [0.717, 1.165) is 18.0 Å². The van der Waals surface area contributed by atoms with Crippen molar-refractivity contribution in [2.24, 2.45) is 5.73 Å². The molecular weight excluding hydrogens is 220 g/mol. The molecule has 0 aliphatic heterocycles. The molecule has 2 N–H and O–H groups in total. The molecule has 86 valence electrons. The van der Waals surface area contributed by atoms with Crippen LogP contribution in [0.4, 0.5) is 0 Å². The summed E-state index contributed by atoms with van der Waals surface area (Å²) in [5, 5.41) is 2.05. The Balaban J connectivity index is 2.74. The molecule has 0 saturated heterocycles. The van der Waals surface area contributed by atoms with Gasteiger partial charge in [0.1, 0.15) is 0 Å². The topological polar surface area (TPSA) is 30.9 Å². The fourth-order valence-corrected chi connectivity index (χ4v) is 2.56. The zero-order valence-electron chi connectivity index (χ0n) is 9.76. The average Bonchev–Trinajstić information content (AvgIpc) is 2.57. The highest BCUT2D eigenvalue weighted by Gasteiger charge is 2.10. The molecule has 0 fully saturated rings. The summed E-state index contributed by atoms with van der Waals surface area (Å²) in [7, 11) is 0. The number of nitrogens with two attached hydrogens (primary N) is 1. The van der Waals surface area contributed by atoms with Crippen molar-refractivity contribution in [3.05, 3.63) is 34.5 Å². The number of hydrogen-bond acceptors (Lipinski definition) is 1. The predicted octanol–water partition coefficient (Wildman–Crippen LogP) is 3.12. The molecule has 0 atom stereocenters. The van der Waals surface area contributed by atoms with Crippen LogP contribution in [0.1, 0.15) is 18.1 Å². The van der Waals surface area contributed by atoms with E-state index in [9.17, 15) is 0 Å². The lowest BCUT2D eigenvalue weighted by Gasteiger charge is -2.04. The molecule has 2 nitrogen and oxygen atoms in total. The van der Waals surface area contributed by atoms with Gasteiger partial charge < -0.3 is 10.3 Å². The lowest BCUT2D eigenvalue weighted by Crippen LogP contribution is -2.02. The van der Waals surface area contributed by atoms with Crippen molar-refractivity contribution in [1.82, 2.24) is 4.57 Å². The molecule has 0 unspecified atom stereocenters. The van der Waals surface area contributed by atoms with E-state index in [2.05, 4.69) is 24.6 Å². The third-order valence-corrected chi connectivity index (χ3v) is 3.18. The Hall–Kier alpha value is -0.990. The molecular formula is C13H17ClN2. The molecule has 0 saturated carbocycles. The van der Waals surface area contributed by atoms with Gasteiger partial charge in [-0.1, -0.05) is 11.6 Å². The van der Waals surface area contributed by atoms with Crippen LogP contribution in [-0.4, -0.2) is 11.1 Å². The number of aryl methyl sites for hydroxylation is 2. The maximum atomic E-state index is 6.11. The molecule has 0 radical (unpaired) electrons. The highest BCUT2D eigenvalue weighted by atomic mass is 35.5. The van der Waals surface area contributed by atoms with Crippen LogP contribution in [0.2, 0.25) is 5.02 Å². The average molecular weight is 237 g/mol. The number of benzene rings is 1. The Morgan fingerprint density at radius 1 is 1.38 bits per heavy atom. The highest BCUT2D eigenvalue weighted by molar-refractivity contribution is 6.31. The number of hydrogen-bond donors (Lipinski definition) is 1. The van der Waals surface area contributed by atoms with Crippen molar-refractivity contribution < 1.29 is 0 Å². The van der Waals surface area contributed by atoms with E-state index in [4.69, 9.17) is 17.3 Å². The number of halogens is 1. The van der Waals surface area contributed by atoms with Gasteiger partial charge in [-0.3, -0.25) is 0 Å². The van der Waals surface area contributed by atoms with Crippen LogP contribution in [-0.2, 0) is 13.0 Å². The van der Waals surface area contributed by atoms with Crippen molar-refractivity contribution in [2.75, 3.05) is 6.54 Å². The van der Waals surface area contributed by atoms with Gasteiger partial charge in [-0.25, -0.2) is 0 Å². The number of fused-ring (bicyclic) bond motifs is 1. The number of rotatable bonds is 3. The molecule has 0 amide bonds. The summed E-state index contributed by atoms with van der Waals surface area (Å²) in [5.41, 5.74) is 9.45. The van der Waals surface area contributed by atoms with Gasteiger partial charge in [-0.15, -0.1) is 0 Å². The van der Waals surface area contributed by atoms with Crippen molar-refractivity contribution in [3.8, 4) is 0 Å². The quantitative estimate of drug-likeness (QED) is 0.872. The second kappa shape index (κ2) is 4.48. The molecule has 0 aliphatic carbocycles. The first-order valence-electron chi connectivity index (χ1n) is 5.65. The SMILES string of the molecule is CCn1cc(CCN)c2cc(Cl)cc(C)c21. The van der Waals surface area contributed by atoms with E-state index >= 15 is 0 Å². The molecule has 16 heavy (non-hydrogen) atoms. The maximum Gasteiger partial charge on any atom is 0.0513 e. The second-order valence-corrected chi connectivity index (χ2v) is 4.53. The van der Waals surface area contributed by atoms with Crippen molar-refractivity contribution in [1.29, 1.82) is 0 Å². The summed E-state index contributed by atoms with van der Waals surface area (Å²) in [4.78, 5) is 0. The van der Waals surface area contributed by atoms with E-state index in [0.29, 0.717) is 6.54 Å². The third kappa shape index (κ3) is 1.83. The van der Waals surface area contributed by atoms with Crippen LogP contribution in [0, 0.1) is 6.92 Å². The van der Waals surface area contributed by atoms with Crippen molar-refractivity contribution >= 4 is 22.5 Å². The van der Waals surface area contributed by atoms with Gasteiger partial charge in [0, 0.05) is 23.2 Å². The Kier molecular flexibility index (Phi) is 3.22. The lowest BCUT2D eigenvalue weighted by atomic mass is 10.1. The first kappa shape index (κ1) is 11.5. The summed E-state index contributed by atoms with van der Waals surface area (Å²) < 4.78 is 2.27. The summed E-state index contributed by atoms with van der Waals surface area (Å²) in [5.74, 6) is 0. The van der Waals surface area contributed by atoms with Crippen LogP contribution < -0.4 is 5.73 Å². The van der Waals surface area contributed by atoms with E-state index in [1.165, 1.54) is 22.0 Å². The van der Waals surface area contributed by atoms with E-state index < -0.39 is 0 Å². The second-order valence-electron chi connectivity index (χ2n) is 4.10. The minimum Gasteiger partial charge on any atom is -0.347 e. The van der Waals surface area contributed by atoms with Crippen LogP contribution in [0.25, 0.3) is 10.9 Å². The van der Waals surface area contributed by atoms with Gasteiger partial charge in [0.2, 0.25) is 0 Å². The summed E-state index contributed by atoms with van der Waals surface area (Å²) in [6, 6.07) is 4.06. The van der Waals surface area contributed by atoms with Crippen LogP contribution >= 0.6 is 11.6 Å². The number of aromatic nitrogens is 1. The minimum absolute atomic E-state index is 0.675. The van der Waals surface area contributed by atoms with Crippen molar-refractivity contribution in [2.45, 2.75) is 26.8 Å². The van der Waals surface area contributed by atoms with E-state index in [-0.39, 0.29) is 0 Å². The zero-order chi connectivity index (χ0) is 11.7. The molecule has 0 spiro atoms. The van der Waals surface area contributed by atoms with Gasteiger partial charge in [0.15, 0.2) is 0 Å². The van der Waals surface area contributed by atoms with E-state index in [1.54, 1.807) is 0 Å². The fraction of sp³-hybridized carbons (Fsp3) is 0.385. The summed E-state index contributed by atoms with van der Waals surface area (Å²) >= 11 is 6.11. The van der Waals surface area contributed by atoms with Crippen molar-refractivity contribution in [3.63, 3.8) is 0 Å². The Morgan fingerprint density at radius 3 is 2.75 bits per heavy atom. The molecule has 0 bridgehead atoms. The minimum atomic E-state index is 0.675. The molecule has 3 heteroatoms. The highest BCUT2D eigenvalue weighted by Crippen LogP contribution is 2.28. The molecule has 0 aliphatic rings. The largest absolute Gasteiger partial charge is 0.347 e. The lowest BCUT2D eigenvalue weighted by molar-refractivity contribution is 0.789. The van der Waals surface area contributed by atoms with Gasteiger partial charge >= 0.3 is 0 Å². The van der Waals surface area contributed by atoms with Crippen LogP contribution in [0.5, 0.6) is 0 Å². The first-order chi connectivity index (χ1) is 7.67. The Labute approximate surface area is 101 Å². The normalized spacial score (nSPS) is 11.2. The summed E-state index contributed by atoms with van der Waals surface area (Å²) in [6.07, 6.45) is 3.10. The molecule has 2 aromatic rings. The number of nitrogens with zero attached hydrogens (tertiary/aromatic N) is 1. The van der Waals surface area contributed by atoms with Crippen LogP contribution in [0.3, 0.4) is 0 Å². The predicted molar refractivity (Wildman–Crippen MR) is 70.1 cm³/mol. The van der Waals surface area contributed by atoms with Gasteiger partial charge in [0.25, 0.3) is 0 Å². The molecule has 1 heterocycles. The summed E-state index contributed by atoms with van der Waals surface area (Å²) in [6.45, 7) is 5.91. The van der Waals surface area contributed by atoms with Gasteiger partial charge in [-0.05, 0) is 50.1 Å². The standard InChI is InChI=1S/C13H17ClN2/c1-3-16-8-10(4-5-15)12-7-11(14)6-9(2)13(12)16/h6-8H,3-5,15H2,1-2H3. The maximum absolute atomic E-state index is 6.11. The molecule has 2 rings (SSSR count). The Morgan fingerprint density at radius 2 is 2.12 bits per heavy atom. The first-order valence-corrected chi connectivity index (χ1v) is 6.03. The molecule has 1 aromatic carbocycles. The smallest absolute Gasteiger partial charge is 0.0513 e. The Bertz CT molecular complexity index is 514. The monoisotopic (exact) mass is 236 g/mol. The third-order valence-electron chi connectivity index (χ3n) is 2.96. The molecule has 1 aromatic heterocycles. The fourth-order valence-electron chi connectivity index (χ4n) is 2.29.